The number of amides is 1. The molecule has 2 fully saturated rings. The third-order valence-electron chi connectivity index (χ3n) is 6.07. The summed E-state index contributed by atoms with van der Waals surface area (Å²) in [6, 6.07) is 10.2. The van der Waals surface area contributed by atoms with Crippen LogP contribution >= 0.6 is 0 Å². The Morgan fingerprint density at radius 2 is 1.93 bits per heavy atom. The number of aromatic nitrogens is 3. The topological polar surface area (TPSA) is 74.3 Å². The number of H-pyrrole nitrogens is 1. The lowest BCUT2D eigenvalue weighted by atomic mass is 9.98. The molecule has 4 rings (SSSR count). The van der Waals surface area contributed by atoms with Gasteiger partial charge in [-0.1, -0.05) is 30.3 Å². The molecule has 1 amide bonds. The van der Waals surface area contributed by atoms with Crippen molar-refractivity contribution in [1.29, 1.82) is 0 Å². The molecule has 1 aromatic carbocycles. The molecule has 2 aromatic rings. The Balaban J connectivity index is 1.45. The number of rotatable bonds is 5. The van der Waals surface area contributed by atoms with Gasteiger partial charge in [0.1, 0.15) is 5.82 Å². The van der Waals surface area contributed by atoms with E-state index in [0.717, 1.165) is 75.9 Å². The van der Waals surface area contributed by atoms with Crippen molar-refractivity contribution in [1.82, 2.24) is 25.0 Å². The van der Waals surface area contributed by atoms with E-state index in [-0.39, 0.29) is 11.9 Å². The van der Waals surface area contributed by atoms with Crippen molar-refractivity contribution in [2.75, 3.05) is 39.4 Å². The van der Waals surface area contributed by atoms with E-state index in [1.165, 1.54) is 0 Å². The second-order valence-electron chi connectivity index (χ2n) is 8.18. The quantitative estimate of drug-likeness (QED) is 0.838. The Morgan fingerprint density at radius 3 is 2.66 bits per heavy atom. The average Bonchev–Trinajstić information content (AvgIpc) is 3.06. The Hall–Kier alpha value is -2.25. The van der Waals surface area contributed by atoms with Gasteiger partial charge in [0.2, 0.25) is 5.91 Å². The van der Waals surface area contributed by atoms with E-state index < -0.39 is 0 Å². The maximum absolute atomic E-state index is 12.9. The van der Waals surface area contributed by atoms with Gasteiger partial charge in [0.05, 0.1) is 12.5 Å². The first-order valence-corrected chi connectivity index (χ1v) is 10.7. The van der Waals surface area contributed by atoms with Crippen LogP contribution in [0.3, 0.4) is 0 Å². The molecule has 1 N–H and O–H groups in total. The zero-order chi connectivity index (χ0) is 20.1. The molecule has 0 saturated carbocycles. The first kappa shape index (κ1) is 20.0. The summed E-state index contributed by atoms with van der Waals surface area (Å²) in [5.74, 6) is 2.53. The van der Waals surface area contributed by atoms with Crippen LogP contribution in [0.15, 0.2) is 30.3 Å². The van der Waals surface area contributed by atoms with Gasteiger partial charge in [-0.25, -0.2) is 4.98 Å². The Morgan fingerprint density at radius 1 is 1.14 bits per heavy atom. The first-order chi connectivity index (χ1) is 14.2. The summed E-state index contributed by atoms with van der Waals surface area (Å²) in [5, 5.41) is 7.45. The molecule has 3 heterocycles. The van der Waals surface area contributed by atoms with Crippen molar-refractivity contribution in [2.24, 2.45) is 5.92 Å². The second-order valence-corrected chi connectivity index (χ2v) is 8.18. The maximum Gasteiger partial charge on any atom is 0.227 e. The van der Waals surface area contributed by atoms with Crippen LogP contribution in [0.2, 0.25) is 0 Å². The Kier molecular flexibility index (Phi) is 6.56. The Labute approximate surface area is 172 Å². The fourth-order valence-corrected chi connectivity index (χ4v) is 4.39. The zero-order valence-electron chi connectivity index (χ0n) is 17.2. The molecule has 7 heteroatoms. The van der Waals surface area contributed by atoms with Crippen LogP contribution in [-0.2, 0) is 16.0 Å². The van der Waals surface area contributed by atoms with Gasteiger partial charge in [-0.2, -0.15) is 5.10 Å². The minimum atomic E-state index is 0.150. The van der Waals surface area contributed by atoms with Gasteiger partial charge in [0, 0.05) is 39.4 Å². The molecule has 1 unspecified atom stereocenters. The number of aryl methyl sites for hydroxylation is 1. The highest BCUT2D eigenvalue weighted by molar-refractivity contribution is 5.78. The SMILES string of the molecule is Cc1nc(C2CCN(C(=O)Cc3ccccc3)CCN2CC2CCOCC2)n[nH]1. The number of ether oxygens (including phenoxy) is 1. The molecule has 0 bridgehead atoms. The molecule has 1 aromatic heterocycles. The number of aromatic amines is 1. The van der Waals surface area contributed by atoms with Gasteiger partial charge in [0.15, 0.2) is 5.82 Å². The summed E-state index contributed by atoms with van der Waals surface area (Å²) in [6.07, 6.45) is 3.53. The van der Waals surface area contributed by atoms with E-state index in [4.69, 9.17) is 4.74 Å². The van der Waals surface area contributed by atoms with E-state index in [0.29, 0.717) is 12.3 Å². The number of carbonyl (C=O) groups excluding carboxylic acids is 1. The second kappa shape index (κ2) is 9.50. The number of hydrogen-bond acceptors (Lipinski definition) is 5. The molecule has 2 saturated heterocycles. The van der Waals surface area contributed by atoms with Crippen molar-refractivity contribution in [3.05, 3.63) is 47.5 Å². The van der Waals surface area contributed by atoms with E-state index >= 15 is 0 Å². The van der Waals surface area contributed by atoms with Gasteiger partial charge in [-0.05, 0) is 37.7 Å². The highest BCUT2D eigenvalue weighted by Crippen LogP contribution is 2.28. The third-order valence-corrected chi connectivity index (χ3v) is 6.07. The summed E-state index contributed by atoms with van der Waals surface area (Å²) in [4.78, 5) is 22.1. The van der Waals surface area contributed by atoms with E-state index in [2.05, 4.69) is 20.1 Å². The van der Waals surface area contributed by atoms with Crippen molar-refractivity contribution < 1.29 is 9.53 Å². The van der Waals surface area contributed by atoms with Crippen molar-refractivity contribution >= 4 is 5.91 Å². The highest BCUT2D eigenvalue weighted by Gasteiger charge is 2.31. The number of carbonyl (C=O) groups is 1. The fourth-order valence-electron chi connectivity index (χ4n) is 4.39. The summed E-state index contributed by atoms with van der Waals surface area (Å²) in [7, 11) is 0. The molecular weight excluding hydrogens is 366 g/mol. The van der Waals surface area contributed by atoms with Crippen LogP contribution in [0.5, 0.6) is 0 Å². The van der Waals surface area contributed by atoms with E-state index in [9.17, 15) is 4.79 Å². The number of hydrogen-bond donors (Lipinski definition) is 1. The van der Waals surface area contributed by atoms with Crippen LogP contribution in [0.4, 0.5) is 0 Å². The van der Waals surface area contributed by atoms with Crippen LogP contribution in [0.25, 0.3) is 0 Å². The molecule has 2 aliphatic heterocycles. The molecule has 7 nitrogen and oxygen atoms in total. The normalized spacial score (nSPS) is 21.8. The predicted molar refractivity (Wildman–Crippen MR) is 110 cm³/mol. The molecule has 1 atom stereocenters. The van der Waals surface area contributed by atoms with Crippen molar-refractivity contribution in [2.45, 2.75) is 38.6 Å². The van der Waals surface area contributed by atoms with Crippen molar-refractivity contribution in [3.8, 4) is 0 Å². The molecule has 0 radical (unpaired) electrons. The zero-order valence-corrected chi connectivity index (χ0v) is 17.2. The maximum atomic E-state index is 12.9. The molecule has 0 aliphatic carbocycles. The van der Waals surface area contributed by atoms with Crippen molar-refractivity contribution in [3.63, 3.8) is 0 Å². The lowest BCUT2D eigenvalue weighted by Crippen LogP contribution is -2.39. The minimum Gasteiger partial charge on any atom is -0.381 e. The number of benzene rings is 1. The summed E-state index contributed by atoms with van der Waals surface area (Å²) < 4.78 is 5.53. The van der Waals surface area contributed by atoms with Crippen LogP contribution < -0.4 is 0 Å². The number of nitrogens with one attached hydrogen (secondary N) is 1. The average molecular weight is 398 g/mol. The standard InChI is InChI=1S/C22H31N5O2/c1-17-23-22(25-24-17)20-7-10-26(21(28)15-18-5-3-2-4-6-18)11-12-27(20)16-19-8-13-29-14-9-19/h2-6,19-20H,7-16H2,1H3,(H,23,24,25). The van der Waals surface area contributed by atoms with Gasteiger partial charge < -0.3 is 9.64 Å². The number of nitrogens with zero attached hydrogens (tertiary/aromatic N) is 4. The van der Waals surface area contributed by atoms with Crippen LogP contribution in [0, 0.1) is 12.8 Å². The van der Waals surface area contributed by atoms with E-state index in [1.807, 2.05) is 42.2 Å². The minimum absolute atomic E-state index is 0.150. The highest BCUT2D eigenvalue weighted by atomic mass is 16.5. The predicted octanol–water partition coefficient (Wildman–Crippen LogP) is 2.36. The first-order valence-electron chi connectivity index (χ1n) is 10.7. The van der Waals surface area contributed by atoms with Gasteiger partial charge >= 0.3 is 0 Å². The smallest absolute Gasteiger partial charge is 0.227 e. The fraction of sp³-hybridized carbons (Fsp3) is 0.591. The summed E-state index contributed by atoms with van der Waals surface area (Å²) in [5.41, 5.74) is 1.07. The van der Waals surface area contributed by atoms with E-state index in [1.54, 1.807) is 0 Å². The summed E-state index contributed by atoms with van der Waals surface area (Å²) >= 11 is 0. The molecule has 29 heavy (non-hydrogen) atoms. The molecule has 2 aliphatic rings. The van der Waals surface area contributed by atoms with Gasteiger partial charge in [-0.15, -0.1) is 0 Å². The summed E-state index contributed by atoms with van der Waals surface area (Å²) in [6.45, 7) is 7.02. The van der Waals surface area contributed by atoms with Crippen LogP contribution in [0.1, 0.15) is 42.5 Å². The Bertz CT molecular complexity index is 788. The lowest BCUT2D eigenvalue weighted by Gasteiger charge is -2.32. The molecule has 0 spiro atoms. The molecule has 156 valence electrons. The van der Waals surface area contributed by atoms with Gasteiger partial charge in [-0.3, -0.25) is 14.8 Å². The van der Waals surface area contributed by atoms with Crippen LogP contribution in [-0.4, -0.2) is 70.3 Å². The van der Waals surface area contributed by atoms with Gasteiger partial charge in [0.25, 0.3) is 0 Å². The molecular formula is C22H31N5O2. The third kappa shape index (κ3) is 5.22. The monoisotopic (exact) mass is 397 g/mol. The largest absolute Gasteiger partial charge is 0.381 e. The lowest BCUT2D eigenvalue weighted by molar-refractivity contribution is -0.130.